The summed E-state index contributed by atoms with van der Waals surface area (Å²) in [5.74, 6) is 0.775. The van der Waals surface area contributed by atoms with Gasteiger partial charge in [0.05, 0.1) is 12.7 Å². The minimum atomic E-state index is 0.264. The molecular weight excluding hydrogens is 210 g/mol. The van der Waals surface area contributed by atoms with Gasteiger partial charge in [0.15, 0.2) is 0 Å². The molecule has 1 aromatic rings. The van der Waals surface area contributed by atoms with Gasteiger partial charge in [0.2, 0.25) is 0 Å². The lowest BCUT2D eigenvalue weighted by atomic mass is 9.90. The Morgan fingerprint density at radius 2 is 1.82 bits per heavy atom. The minimum Gasteiger partial charge on any atom is -0.371 e. The van der Waals surface area contributed by atoms with Crippen molar-refractivity contribution in [2.45, 2.75) is 37.7 Å². The molecule has 92 valence electrons. The molecule has 1 aliphatic carbocycles. The molecule has 1 heterocycles. The zero-order valence-corrected chi connectivity index (χ0v) is 10.3. The van der Waals surface area contributed by atoms with Crippen molar-refractivity contribution in [3.8, 4) is 0 Å². The molecule has 0 amide bonds. The van der Waals surface area contributed by atoms with E-state index in [4.69, 9.17) is 4.74 Å². The van der Waals surface area contributed by atoms with Crippen LogP contribution < -0.4 is 5.32 Å². The Balaban J connectivity index is 1.86. The van der Waals surface area contributed by atoms with Gasteiger partial charge in [-0.3, -0.25) is 0 Å². The highest BCUT2D eigenvalue weighted by atomic mass is 16.5. The van der Waals surface area contributed by atoms with Crippen LogP contribution in [0.15, 0.2) is 24.3 Å². The Labute approximate surface area is 103 Å². The van der Waals surface area contributed by atoms with E-state index in [0.29, 0.717) is 0 Å². The first-order valence-corrected chi connectivity index (χ1v) is 6.86. The standard InChI is InChI=1S/C15H21NO/c1-2-6-12(5-1)13-7-3-4-8-14(13)15-11-16-9-10-17-15/h3-4,7-8,12,15-16H,1-2,5-6,9-11H2. The number of ether oxygens (including phenoxy) is 1. The smallest absolute Gasteiger partial charge is 0.0952 e. The molecule has 1 aromatic carbocycles. The summed E-state index contributed by atoms with van der Waals surface area (Å²) in [6, 6.07) is 8.88. The second kappa shape index (κ2) is 5.19. The predicted octanol–water partition coefficient (Wildman–Crippen LogP) is 3.01. The highest BCUT2D eigenvalue weighted by Gasteiger charge is 2.24. The maximum atomic E-state index is 5.90. The highest BCUT2D eigenvalue weighted by Crippen LogP contribution is 2.38. The molecule has 0 aromatic heterocycles. The van der Waals surface area contributed by atoms with Gasteiger partial charge in [-0.2, -0.15) is 0 Å². The van der Waals surface area contributed by atoms with E-state index in [0.717, 1.165) is 25.6 Å². The quantitative estimate of drug-likeness (QED) is 0.845. The molecule has 1 unspecified atom stereocenters. The largest absolute Gasteiger partial charge is 0.371 e. The first kappa shape index (κ1) is 11.2. The molecule has 1 saturated heterocycles. The number of rotatable bonds is 2. The lowest BCUT2D eigenvalue weighted by Crippen LogP contribution is -2.33. The van der Waals surface area contributed by atoms with Crippen molar-refractivity contribution in [3.05, 3.63) is 35.4 Å². The van der Waals surface area contributed by atoms with Gasteiger partial charge in [-0.15, -0.1) is 0 Å². The summed E-state index contributed by atoms with van der Waals surface area (Å²) in [5, 5.41) is 3.43. The van der Waals surface area contributed by atoms with E-state index in [1.807, 2.05) is 0 Å². The van der Waals surface area contributed by atoms with E-state index in [1.165, 1.54) is 31.2 Å². The van der Waals surface area contributed by atoms with Crippen LogP contribution in [0.3, 0.4) is 0 Å². The lowest BCUT2D eigenvalue weighted by molar-refractivity contribution is 0.0269. The van der Waals surface area contributed by atoms with E-state index in [2.05, 4.69) is 29.6 Å². The molecule has 2 fully saturated rings. The van der Waals surface area contributed by atoms with Gasteiger partial charge in [0.1, 0.15) is 0 Å². The van der Waals surface area contributed by atoms with E-state index < -0.39 is 0 Å². The van der Waals surface area contributed by atoms with Crippen LogP contribution in [0, 0.1) is 0 Å². The van der Waals surface area contributed by atoms with E-state index >= 15 is 0 Å². The second-order valence-electron chi connectivity index (χ2n) is 5.17. The van der Waals surface area contributed by atoms with E-state index in [-0.39, 0.29) is 6.10 Å². The van der Waals surface area contributed by atoms with Gasteiger partial charge >= 0.3 is 0 Å². The van der Waals surface area contributed by atoms with Gasteiger partial charge in [-0.25, -0.2) is 0 Å². The van der Waals surface area contributed by atoms with Crippen LogP contribution in [0.1, 0.15) is 48.8 Å². The third-order valence-electron chi connectivity index (χ3n) is 4.07. The van der Waals surface area contributed by atoms with Crippen molar-refractivity contribution in [1.29, 1.82) is 0 Å². The first-order chi connectivity index (χ1) is 8.45. The molecule has 1 aliphatic heterocycles. The van der Waals surface area contributed by atoms with Gasteiger partial charge in [-0.05, 0) is 29.9 Å². The first-order valence-electron chi connectivity index (χ1n) is 6.86. The van der Waals surface area contributed by atoms with Crippen LogP contribution >= 0.6 is 0 Å². The summed E-state index contributed by atoms with van der Waals surface area (Å²) in [4.78, 5) is 0. The van der Waals surface area contributed by atoms with Crippen molar-refractivity contribution in [1.82, 2.24) is 5.32 Å². The number of hydrogen-bond acceptors (Lipinski definition) is 2. The normalized spacial score (nSPS) is 26.2. The van der Waals surface area contributed by atoms with Crippen molar-refractivity contribution in [3.63, 3.8) is 0 Å². The summed E-state index contributed by atoms with van der Waals surface area (Å²) in [6.07, 6.45) is 5.76. The van der Waals surface area contributed by atoms with Gasteiger partial charge < -0.3 is 10.1 Å². The predicted molar refractivity (Wildman–Crippen MR) is 69.2 cm³/mol. The second-order valence-corrected chi connectivity index (χ2v) is 5.17. The van der Waals surface area contributed by atoms with E-state index in [1.54, 1.807) is 5.56 Å². The summed E-state index contributed by atoms with van der Waals surface area (Å²) < 4.78 is 5.90. The summed E-state index contributed by atoms with van der Waals surface area (Å²) in [6.45, 7) is 2.79. The maximum absolute atomic E-state index is 5.90. The van der Waals surface area contributed by atoms with Crippen LogP contribution in [-0.2, 0) is 4.74 Å². The van der Waals surface area contributed by atoms with Crippen LogP contribution in [0.2, 0.25) is 0 Å². The van der Waals surface area contributed by atoms with Crippen LogP contribution in [-0.4, -0.2) is 19.7 Å². The van der Waals surface area contributed by atoms with Crippen LogP contribution in [0.4, 0.5) is 0 Å². The number of morpholine rings is 1. The summed E-state index contributed by atoms with van der Waals surface area (Å²) in [7, 11) is 0. The Hall–Kier alpha value is -0.860. The fraction of sp³-hybridized carbons (Fsp3) is 0.600. The van der Waals surface area contributed by atoms with Crippen molar-refractivity contribution < 1.29 is 4.74 Å². The molecule has 1 N–H and O–H groups in total. The molecule has 2 aliphatic rings. The Morgan fingerprint density at radius 3 is 2.53 bits per heavy atom. The fourth-order valence-electron chi connectivity index (χ4n) is 3.18. The fourth-order valence-corrected chi connectivity index (χ4v) is 3.18. The zero-order chi connectivity index (χ0) is 11.5. The molecule has 1 saturated carbocycles. The van der Waals surface area contributed by atoms with Gasteiger partial charge in [-0.1, -0.05) is 37.1 Å². The molecule has 2 heteroatoms. The molecule has 2 nitrogen and oxygen atoms in total. The highest BCUT2D eigenvalue weighted by molar-refractivity contribution is 5.33. The lowest BCUT2D eigenvalue weighted by Gasteiger charge is -2.27. The molecule has 1 atom stereocenters. The average molecular weight is 231 g/mol. The Bertz CT molecular complexity index is 365. The van der Waals surface area contributed by atoms with Gasteiger partial charge in [0.25, 0.3) is 0 Å². The molecule has 0 radical (unpaired) electrons. The van der Waals surface area contributed by atoms with Crippen LogP contribution in [0.25, 0.3) is 0 Å². The third-order valence-corrected chi connectivity index (χ3v) is 4.07. The summed E-state index contributed by atoms with van der Waals surface area (Å²) >= 11 is 0. The maximum Gasteiger partial charge on any atom is 0.0952 e. The Morgan fingerprint density at radius 1 is 1.06 bits per heavy atom. The number of nitrogens with one attached hydrogen (secondary N) is 1. The number of hydrogen-bond donors (Lipinski definition) is 1. The SMILES string of the molecule is c1ccc(C2CNCCO2)c(C2CCCC2)c1. The van der Waals surface area contributed by atoms with Crippen molar-refractivity contribution in [2.75, 3.05) is 19.7 Å². The third kappa shape index (κ3) is 2.38. The average Bonchev–Trinajstić information content (AvgIpc) is 2.94. The summed E-state index contributed by atoms with van der Waals surface area (Å²) in [5.41, 5.74) is 2.96. The molecular formula is C15H21NO. The molecule has 17 heavy (non-hydrogen) atoms. The Kier molecular flexibility index (Phi) is 3.44. The molecule has 0 spiro atoms. The van der Waals surface area contributed by atoms with Gasteiger partial charge in [0, 0.05) is 13.1 Å². The molecule has 0 bridgehead atoms. The number of benzene rings is 1. The van der Waals surface area contributed by atoms with Crippen molar-refractivity contribution >= 4 is 0 Å². The van der Waals surface area contributed by atoms with Crippen molar-refractivity contribution in [2.24, 2.45) is 0 Å². The zero-order valence-electron chi connectivity index (χ0n) is 10.3. The molecule has 3 rings (SSSR count). The van der Waals surface area contributed by atoms with Crippen LogP contribution in [0.5, 0.6) is 0 Å². The monoisotopic (exact) mass is 231 g/mol. The minimum absolute atomic E-state index is 0.264. The topological polar surface area (TPSA) is 21.3 Å². The van der Waals surface area contributed by atoms with E-state index in [9.17, 15) is 0 Å².